The Hall–Kier alpha value is -0.810. The minimum atomic E-state index is 0. The van der Waals surface area contributed by atoms with Crippen molar-refractivity contribution in [2.45, 2.75) is 52.0 Å². The first kappa shape index (κ1) is 19.2. The van der Waals surface area contributed by atoms with Crippen molar-refractivity contribution in [1.82, 2.24) is 10.2 Å². The zero-order chi connectivity index (χ0) is 14.3. The average Bonchev–Trinajstić information content (AvgIpc) is 2.39. The van der Waals surface area contributed by atoms with Gasteiger partial charge < -0.3 is 16.0 Å². The van der Waals surface area contributed by atoms with E-state index in [4.69, 9.17) is 5.73 Å². The average molecular weight is 306 g/mol. The lowest BCUT2D eigenvalue weighted by atomic mass is 9.92. The largest absolute Gasteiger partial charge is 0.356 e. The van der Waals surface area contributed by atoms with E-state index in [2.05, 4.69) is 5.32 Å². The molecule has 0 aromatic carbocycles. The summed E-state index contributed by atoms with van der Waals surface area (Å²) in [4.78, 5) is 25.3. The number of hydrogen-bond donors (Lipinski definition) is 2. The maximum atomic E-state index is 12.1. The number of nitrogens with two attached hydrogens (primary N) is 1. The Labute approximate surface area is 128 Å². The number of amides is 2. The molecular weight excluding hydrogens is 278 g/mol. The zero-order valence-electron chi connectivity index (χ0n) is 12.6. The molecule has 0 bridgehead atoms. The van der Waals surface area contributed by atoms with E-state index < -0.39 is 0 Å². The second-order valence-corrected chi connectivity index (χ2v) is 5.41. The van der Waals surface area contributed by atoms with Crippen LogP contribution in [-0.2, 0) is 9.59 Å². The van der Waals surface area contributed by atoms with Gasteiger partial charge in [0.1, 0.15) is 0 Å². The van der Waals surface area contributed by atoms with Gasteiger partial charge in [-0.15, -0.1) is 12.4 Å². The third-order valence-electron chi connectivity index (χ3n) is 3.72. The number of halogens is 1. The molecule has 1 aliphatic heterocycles. The minimum absolute atomic E-state index is 0. The van der Waals surface area contributed by atoms with Crippen molar-refractivity contribution in [2.75, 3.05) is 19.6 Å². The first-order chi connectivity index (χ1) is 9.04. The van der Waals surface area contributed by atoms with Crippen molar-refractivity contribution in [1.29, 1.82) is 0 Å². The SMILES string of the molecule is CCNC(=O)CCCC(=O)N1CCCC(C(C)N)C1.Cl. The lowest BCUT2D eigenvalue weighted by molar-refractivity contribution is -0.133. The monoisotopic (exact) mass is 305 g/mol. The molecule has 2 atom stereocenters. The molecule has 0 radical (unpaired) electrons. The summed E-state index contributed by atoms with van der Waals surface area (Å²) in [6.07, 6.45) is 3.67. The predicted octanol–water partition coefficient (Wildman–Crippen LogP) is 1.30. The molecule has 2 unspecified atom stereocenters. The van der Waals surface area contributed by atoms with E-state index in [9.17, 15) is 9.59 Å². The molecule has 6 heteroatoms. The molecule has 1 fully saturated rings. The van der Waals surface area contributed by atoms with Crippen molar-refractivity contribution in [3.63, 3.8) is 0 Å². The summed E-state index contributed by atoms with van der Waals surface area (Å²) >= 11 is 0. The number of nitrogens with zero attached hydrogens (tertiary/aromatic N) is 1. The number of piperidine rings is 1. The van der Waals surface area contributed by atoms with Gasteiger partial charge in [0.25, 0.3) is 0 Å². The van der Waals surface area contributed by atoms with Crippen molar-refractivity contribution < 1.29 is 9.59 Å². The predicted molar refractivity (Wildman–Crippen MR) is 82.7 cm³/mol. The Balaban J connectivity index is 0.00000361. The highest BCUT2D eigenvalue weighted by Crippen LogP contribution is 2.19. The van der Waals surface area contributed by atoms with Crippen LogP contribution in [0.2, 0.25) is 0 Å². The maximum absolute atomic E-state index is 12.1. The fraction of sp³-hybridized carbons (Fsp3) is 0.857. The second-order valence-electron chi connectivity index (χ2n) is 5.41. The van der Waals surface area contributed by atoms with Gasteiger partial charge in [0, 0.05) is 38.5 Å². The quantitative estimate of drug-likeness (QED) is 0.776. The Morgan fingerprint density at radius 1 is 1.40 bits per heavy atom. The normalized spacial score (nSPS) is 19.9. The van der Waals surface area contributed by atoms with Gasteiger partial charge >= 0.3 is 0 Å². The Kier molecular flexibility index (Phi) is 9.59. The van der Waals surface area contributed by atoms with Crippen LogP contribution >= 0.6 is 12.4 Å². The fourth-order valence-corrected chi connectivity index (χ4v) is 2.51. The zero-order valence-corrected chi connectivity index (χ0v) is 13.4. The van der Waals surface area contributed by atoms with Crippen molar-refractivity contribution in [3.8, 4) is 0 Å². The van der Waals surface area contributed by atoms with Gasteiger partial charge in [-0.25, -0.2) is 0 Å². The van der Waals surface area contributed by atoms with Crippen LogP contribution in [-0.4, -0.2) is 42.4 Å². The van der Waals surface area contributed by atoms with Gasteiger partial charge in [-0.1, -0.05) is 0 Å². The smallest absolute Gasteiger partial charge is 0.222 e. The van der Waals surface area contributed by atoms with Crippen LogP contribution in [0.15, 0.2) is 0 Å². The highest BCUT2D eigenvalue weighted by Gasteiger charge is 2.25. The topological polar surface area (TPSA) is 75.4 Å². The van der Waals surface area contributed by atoms with Crippen LogP contribution in [0.3, 0.4) is 0 Å². The van der Waals surface area contributed by atoms with Crippen molar-refractivity contribution in [3.05, 3.63) is 0 Å². The molecule has 0 aromatic heterocycles. The van der Waals surface area contributed by atoms with Gasteiger partial charge in [0.05, 0.1) is 0 Å². The molecule has 20 heavy (non-hydrogen) atoms. The summed E-state index contributed by atoms with van der Waals surface area (Å²) in [6.45, 7) is 6.16. The summed E-state index contributed by atoms with van der Waals surface area (Å²) in [6, 6.07) is 0.144. The molecule has 1 aliphatic rings. The Morgan fingerprint density at radius 3 is 2.70 bits per heavy atom. The number of carbonyl (C=O) groups is 2. The van der Waals surface area contributed by atoms with Crippen LogP contribution in [0.25, 0.3) is 0 Å². The van der Waals surface area contributed by atoms with Crippen LogP contribution in [0.4, 0.5) is 0 Å². The van der Waals surface area contributed by atoms with E-state index in [0.717, 1.165) is 25.9 Å². The highest BCUT2D eigenvalue weighted by atomic mass is 35.5. The summed E-state index contributed by atoms with van der Waals surface area (Å²) in [7, 11) is 0. The number of nitrogens with one attached hydrogen (secondary N) is 1. The summed E-state index contributed by atoms with van der Waals surface area (Å²) < 4.78 is 0. The van der Waals surface area contributed by atoms with Gasteiger partial charge in [0.2, 0.25) is 11.8 Å². The van der Waals surface area contributed by atoms with E-state index >= 15 is 0 Å². The van der Waals surface area contributed by atoms with Crippen molar-refractivity contribution >= 4 is 24.2 Å². The Morgan fingerprint density at radius 2 is 2.10 bits per heavy atom. The molecule has 2 amide bonds. The number of hydrogen-bond acceptors (Lipinski definition) is 3. The lowest BCUT2D eigenvalue weighted by Crippen LogP contribution is -2.45. The molecule has 1 rings (SSSR count). The molecule has 0 aromatic rings. The first-order valence-electron chi connectivity index (χ1n) is 7.34. The molecule has 0 spiro atoms. The van der Waals surface area contributed by atoms with Crippen molar-refractivity contribution in [2.24, 2.45) is 11.7 Å². The number of likely N-dealkylation sites (tertiary alicyclic amines) is 1. The van der Waals surface area contributed by atoms with Gasteiger partial charge in [-0.2, -0.15) is 0 Å². The van der Waals surface area contributed by atoms with Crippen LogP contribution in [0.5, 0.6) is 0 Å². The van der Waals surface area contributed by atoms with Gasteiger partial charge in [-0.3, -0.25) is 9.59 Å². The minimum Gasteiger partial charge on any atom is -0.356 e. The molecule has 0 aliphatic carbocycles. The summed E-state index contributed by atoms with van der Waals surface area (Å²) in [5.74, 6) is 0.609. The maximum Gasteiger partial charge on any atom is 0.222 e. The number of carbonyl (C=O) groups excluding carboxylic acids is 2. The molecule has 0 saturated carbocycles. The third kappa shape index (κ3) is 6.57. The molecular formula is C14H28ClN3O2. The molecule has 5 nitrogen and oxygen atoms in total. The molecule has 1 saturated heterocycles. The van der Waals surface area contributed by atoms with Gasteiger partial charge in [0.15, 0.2) is 0 Å². The van der Waals surface area contributed by atoms with E-state index in [1.54, 1.807) is 0 Å². The second kappa shape index (κ2) is 10.00. The van der Waals surface area contributed by atoms with Gasteiger partial charge in [-0.05, 0) is 39.0 Å². The lowest BCUT2D eigenvalue weighted by Gasteiger charge is -2.34. The van der Waals surface area contributed by atoms with Crippen LogP contribution < -0.4 is 11.1 Å². The molecule has 1 heterocycles. The molecule has 3 N–H and O–H groups in total. The van der Waals surface area contributed by atoms with E-state index in [1.165, 1.54) is 0 Å². The first-order valence-corrected chi connectivity index (χ1v) is 7.34. The van der Waals surface area contributed by atoms with Crippen LogP contribution in [0.1, 0.15) is 46.0 Å². The highest BCUT2D eigenvalue weighted by molar-refractivity contribution is 5.85. The number of rotatable bonds is 6. The van der Waals surface area contributed by atoms with E-state index in [0.29, 0.717) is 31.7 Å². The standard InChI is InChI=1S/C14H27N3O2.ClH/c1-3-16-13(18)7-4-8-14(19)17-9-5-6-12(10-17)11(2)15;/h11-12H,3-10,15H2,1-2H3,(H,16,18);1H. The summed E-state index contributed by atoms with van der Waals surface area (Å²) in [5, 5.41) is 2.74. The van der Waals surface area contributed by atoms with E-state index in [1.807, 2.05) is 18.7 Å². The fourth-order valence-electron chi connectivity index (χ4n) is 2.51. The van der Waals surface area contributed by atoms with E-state index in [-0.39, 0.29) is 30.3 Å². The molecule has 118 valence electrons. The summed E-state index contributed by atoms with van der Waals surface area (Å²) in [5.41, 5.74) is 5.91. The Bertz CT molecular complexity index is 311. The van der Waals surface area contributed by atoms with Crippen LogP contribution in [0, 0.1) is 5.92 Å². The third-order valence-corrected chi connectivity index (χ3v) is 3.72.